The van der Waals surface area contributed by atoms with Gasteiger partial charge in [-0.3, -0.25) is 4.79 Å². The van der Waals surface area contributed by atoms with Crippen molar-refractivity contribution in [2.24, 2.45) is 11.7 Å². The van der Waals surface area contributed by atoms with E-state index in [1.807, 2.05) is 12.1 Å². The van der Waals surface area contributed by atoms with Crippen molar-refractivity contribution >= 4 is 27.7 Å². The van der Waals surface area contributed by atoms with Gasteiger partial charge in [0.2, 0.25) is 5.91 Å². The molecule has 0 unspecified atom stereocenters. The van der Waals surface area contributed by atoms with Crippen molar-refractivity contribution in [1.29, 1.82) is 0 Å². The lowest BCUT2D eigenvalue weighted by Gasteiger charge is -2.26. The van der Waals surface area contributed by atoms with Crippen molar-refractivity contribution in [1.82, 2.24) is 4.57 Å². The molecule has 1 aromatic heterocycles. The number of fused-ring (bicyclic) bond motifs is 3. The Morgan fingerprint density at radius 1 is 1.33 bits per heavy atom. The molecule has 123 valence electrons. The highest BCUT2D eigenvalue weighted by Gasteiger charge is 2.22. The van der Waals surface area contributed by atoms with Crippen LogP contribution in [0.2, 0.25) is 0 Å². The summed E-state index contributed by atoms with van der Waals surface area (Å²) < 4.78 is 2.38. The van der Waals surface area contributed by atoms with Gasteiger partial charge >= 0.3 is 0 Å². The molecule has 0 aliphatic heterocycles. The van der Waals surface area contributed by atoms with Crippen molar-refractivity contribution in [3.63, 3.8) is 0 Å². The zero-order chi connectivity index (χ0) is 16.8. The molecule has 0 atom stereocenters. The van der Waals surface area contributed by atoms with E-state index in [0.717, 1.165) is 28.8 Å². The Hall–Kier alpha value is -2.29. The van der Waals surface area contributed by atoms with E-state index in [4.69, 9.17) is 5.73 Å². The Morgan fingerprint density at radius 3 is 2.75 bits per heavy atom. The minimum absolute atomic E-state index is 0.371. The molecule has 2 N–H and O–H groups in total. The molecule has 1 heterocycles. The second-order valence-electron chi connectivity index (χ2n) is 7.32. The van der Waals surface area contributed by atoms with Gasteiger partial charge in [0.25, 0.3) is 0 Å². The molecule has 0 saturated heterocycles. The van der Waals surface area contributed by atoms with E-state index in [9.17, 15) is 4.79 Å². The number of carbonyl (C=O) groups excluding carboxylic acids is 1. The Kier molecular flexibility index (Phi) is 3.60. The van der Waals surface area contributed by atoms with Crippen LogP contribution in [0.25, 0.3) is 21.8 Å². The number of benzene rings is 2. The van der Waals surface area contributed by atoms with Gasteiger partial charge in [0, 0.05) is 28.4 Å². The Balaban J connectivity index is 2.04. The van der Waals surface area contributed by atoms with Crippen LogP contribution in [0.4, 0.5) is 0 Å². The zero-order valence-electron chi connectivity index (χ0n) is 14.3. The summed E-state index contributed by atoms with van der Waals surface area (Å²) in [5.74, 6) is 0.824. The predicted molar refractivity (Wildman–Crippen MR) is 98.2 cm³/mol. The number of rotatable bonds is 4. The minimum atomic E-state index is -0.371. The van der Waals surface area contributed by atoms with Gasteiger partial charge in [0.1, 0.15) is 0 Å². The van der Waals surface area contributed by atoms with Gasteiger partial charge in [-0.25, -0.2) is 0 Å². The number of nitrogens with two attached hydrogens (primary N) is 1. The van der Waals surface area contributed by atoms with Gasteiger partial charge in [0.05, 0.1) is 5.52 Å². The van der Waals surface area contributed by atoms with Gasteiger partial charge in [-0.05, 0) is 54.5 Å². The van der Waals surface area contributed by atoms with Crippen LogP contribution in [-0.2, 0) is 6.54 Å². The quantitative estimate of drug-likeness (QED) is 0.749. The zero-order valence-corrected chi connectivity index (χ0v) is 14.3. The van der Waals surface area contributed by atoms with Gasteiger partial charge in [-0.15, -0.1) is 0 Å². The Morgan fingerprint density at radius 2 is 2.12 bits per heavy atom. The highest BCUT2D eigenvalue weighted by atomic mass is 16.1. The molecule has 1 saturated carbocycles. The van der Waals surface area contributed by atoms with Crippen LogP contribution in [0.15, 0.2) is 30.3 Å². The van der Waals surface area contributed by atoms with Crippen molar-refractivity contribution in [3.8, 4) is 0 Å². The van der Waals surface area contributed by atoms with E-state index in [-0.39, 0.29) is 5.91 Å². The van der Waals surface area contributed by atoms with Gasteiger partial charge in [-0.2, -0.15) is 0 Å². The maximum Gasteiger partial charge on any atom is 0.249 e. The molecule has 1 aliphatic carbocycles. The maximum absolute atomic E-state index is 11.9. The van der Waals surface area contributed by atoms with Crippen LogP contribution in [0, 0.1) is 12.0 Å². The first kappa shape index (κ1) is 15.3. The summed E-state index contributed by atoms with van der Waals surface area (Å²) in [6, 6.07) is 13.6. The first-order valence-electron chi connectivity index (χ1n) is 8.82. The highest BCUT2D eigenvalue weighted by Crippen LogP contribution is 2.36. The lowest BCUT2D eigenvalue weighted by Crippen LogP contribution is -2.18. The van der Waals surface area contributed by atoms with Crippen molar-refractivity contribution in [2.75, 3.05) is 0 Å². The smallest absolute Gasteiger partial charge is 0.249 e. The molecule has 3 heteroatoms. The van der Waals surface area contributed by atoms with Crippen LogP contribution >= 0.6 is 0 Å². The van der Waals surface area contributed by atoms with Gasteiger partial charge in [-0.1, -0.05) is 32.4 Å². The topological polar surface area (TPSA) is 48.0 Å². The SMILES string of the molecule is CC(C)c1c[c]c2c3c(C(N)=O)cccc3n(CC3CCC3)c2c1. The predicted octanol–water partition coefficient (Wildman–Crippen LogP) is 4.62. The average Bonchev–Trinajstić information content (AvgIpc) is 2.83. The fourth-order valence-corrected chi connectivity index (χ4v) is 3.74. The second-order valence-corrected chi connectivity index (χ2v) is 7.32. The minimum Gasteiger partial charge on any atom is -0.366 e. The fraction of sp³-hybridized carbons (Fsp3) is 0.381. The Labute approximate surface area is 142 Å². The lowest BCUT2D eigenvalue weighted by atomic mass is 9.85. The average molecular weight is 319 g/mol. The third-order valence-electron chi connectivity index (χ3n) is 5.41. The van der Waals surface area contributed by atoms with Crippen LogP contribution in [0.1, 0.15) is 54.9 Å². The molecule has 3 nitrogen and oxygen atoms in total. The normalized spacial score (nSPS) is 15.3. The first-order valence-corrected chi connectivity index (χ1v) is 8.82. The number of hydrogen-bond donors (Lipinski definition) is 1. The van der Waals surface area contributed by atoms with E-state index in [1.165, 1.54) is 30.3 Å². The Bertz CT molecular complexity index is 932. The molecule has 1 fully saturated rings. The third-order valence-corrected chi connectivity index (χ3v) is 5.41. The van der Waals surface area contributed by atoms with Gasteiger partial charge < -0.3 is 10.3 Å². The molecule has 4 rings (SSSR count). The summed E-state index contributed by atoms with van der Waals surface area (Å²) >= 11 is 0. The molecule has 2 aromatic carbocycles. The fourth-order valence-electron chi connectivity index (χ4n) is 3.74. The molecule has 1 radical (unpaired) electrons. The van der Waals surface area contributed by atoms with Gasteiger partial charge in [0.15, 0.2) is 0 Å². The second kappa shape index (κ2) is 5.66. The number of aromatic nitrogens is 1. The highest BCUT2D eigenvalue weighted by molar-refractivity contribution is 6.17. The van der Waals surface area contributed by atoms with Crippen LogP contribution in [0.5, 0.6) is 0 Å². The summed E-state index contributed by atoms with van der Waals surface area (Å²) in [6.45, 7) is 5.41. The molecule has 3 aromatic rings. The van der Waals surface area contributed by atoms with E-state index in [1.54, 1.807) is 0 Å². The number of hydrogen-bond acceptors (Lipinski definition) is 1. The van der Waals surface area contributed by atoms with Crippen LogP contribution in [0.3, 0.4) is 0 Å². The molecule has 24 heavy (non-hydrogen) atoms. The van der Waals surface area contributed by atoms with Crippen LogP contribution < -0.4 is 5.73 Å². The maximum atomic E-state index is 11.9. The standard InChI is InChI=1S/C21H23N2O/c1-13(2)15-9-10-16-19(11-15)23(12-14-5-3-6-14)18-8-4-7-17(20(16)18)21(22)24/h4,7-9,11,13-14H,3,5-6,12H2,1-2H3,(H2,22,24). The lowest BCUT2D eigenvalue weighted by molar-refractivity contribution is 0.100. The van der Waals surface area contributed by atoms with E-state index < -0.39 is 0 Å². The molecule has 1 aliphatic rings. The number of carbonyl (C=O) groups is 1. The molecular formula is C21H23N2O. The van der Waals surface area contributed by atoms with E-state index in [0.29, 0.717) is 11.5 Å². The summed E-state index contributed by atoms with van der Waals surface area (Å²) in [4.78, 5) is 11.9. The molecule has 1 amide bonds. The van der Waals surface area contributed by atoms with Crippen molar-refractivity contribution < 1.29 is 4.79 Å². The van der Waals surface area contributed by atoms with Crippen LogP contribution in [-0.4, -0.2) is 10.5 Å². The molecule has 0 spiro atoms. The molecular weight excluding hydrogens is 296 g/mol. The number of nitrogens with zero attached hydrogens (tertiary/aromatic N) is 1. The van der Waals surface area contributed by atoms with Crippen molar-refractivity contribution in [3.05, 3.63) is 47.5 Å². The van der Waals surface area contributed by atoms with Crippen molar-refractivity contribution in [2.45, 2.75) is 45.6 Å². The molecule has 0 bridgehead atoms. The summed E-state index contributed by atoms with van der Waals surface area (Å²) in [5.41, 5.74) is 9.79. The summed E-state index contributed by atoms with van der Waals surface area (Å²) in [5, 5.41) is 1.97. The number of amides is 1. The van der Waals surface area contributed by atoms with E-state index in [2.05, 4.69) is 42.7 Å². The summed E-state index contributed by atoms with van der Waals surface area (Å²) in [7, 11) is 0. The largest absolute Gasteiger partial charge is 0.366 e. The first-order chi connectivity index (χ1) is 11.6. The summed E-state index contributed by atoms with van der Waals surface area (Å²) in [6.07, 6.45) is 3.92. The third kappa shape index (κ3) is 2.31. The van der Waals surface area contributed by atoms with E-state index >= 15 is 0 Å². The number of primary amides is 1. The monoisotopic (exact) mass is 319 g/mol.